The van der Waals surface area contributed by atoms with Gasteiger partial charge in [0.05, 0.1) is 23.5 Å². The summed E-state index contributed by atoms with van der Waals surface area (Å²) in [6.07, 6.45) is 0. The van der Waals surface area contributed by atoms with Crippen LogP contribution in [0.25, 0.3) is 0 Å². The molecule has 2 N–H and O–H groups in total. The van der Waals surface area contributed by atoms with Crippen molar-refractivity contribution in [1.82, 2.24) is 14.9 Å². The molecule has 4 heterocycles. The molecule has 0 atom stereocenters. The predicted molar refractivity (Wildman–Crippen MR) is 181 cm³/mol. The van der Waals surface area contributed by atoms with E-state index in [9.17, 15) is 13.2 Å². The number of likely N-dealkylation sites (N-methyl/N-ethyl adjacent to an activating group) is 1. The SMILES string of the molecule is CN1CCN(c2cc(N3CCN(c4ccccc4)CC3)c(S(=O)(=O)NCc3cccs3)cc2C(=O)NCc2cccs2)CC1. The lowest BCUT2D eigenvalue weighted by Gasteiger charge is -2.39. The van der Waals surface area contributed by atoms with E-state index in [1.807, 2.05) is 59.3 Å². The Morgan fingerprint density at radius 2 is 1.32 bits per heavy atom. The van der Waals surface area contributed by atoms with E-state index in [1.54, 1.807) is 17.4 Å². The zero-order valence-electron chi connectivity index (χ0n) is 24.8. The maximum Gasteiger partial charge on any atom is 0.253 e. The van der Waals surface area contributed by atoms with Crippen LogP contribution in [-0.4, -0.2) is 78.6 Å². The molecular formula is C32H38N6O3S3. The van der Waals surface area contributed by atoms with Crippen molar-refractivity contribution in [2.75, 3.05) is 74.1 Å². The number of anilines is 3. The van der Waals surface area contributed by atoms with E-state index >= 15 is 0 Å². The van der Waals surface area contributed by atoms with Crippen molar-refractivity contribution in [1.29, 1.82) is 0 Å². The van der Waals surface area contributed by atoms with E-state index in [0.29, 0.717) is 30.9 Å². The number of hydrogen-bond acceptors (Lipinski definition) is 9. The van der Waals surface area contributed by atoms with Crippen molar-refractivity contribution in [3.8, 4) is 0 Å². The molecule has 9 nitrogen and oxygen atoms in total. The highest BCUT2D eigenvalue weighted by molar-refractivity contribution is 7.89. The molecule has 12 heteroatoms. The van der Waals surface area contributed by atoms with Gasteiger partial charge >= 0.3 is 0 Å². The summed E-state index contributed by atoms with van der Waals surface area (Å²) in [6.45, 7) is 6.67. The van der Waals surface area contributed by atoms with Gasteiger partial charge in [-0.25, -0.2) is 13.1 Å². The molecule has 0 unspecified atom stereocenters. The van der Waals surface area contributed by atoms with Crippen LogP contribution in [0.15, 0.2) is 82.4 Å². The average Bonchev–Trinajstić information content (AvgIpc) is 3.78. The number of piperazine rings is 2. The van der Waals surface area contributed by atoms with Gasteiger partial charge in [-0.15, -0.1) is 22.7 Å². The molecule has 2 aliphatic rings. The molecule has 0 bridgehead atoms. The molecular weight excluding hydrogens is 613 g/mol. The van der Waals surface area contributed by atoms with Gasteiger partial charge in [0.15, 0.2) is 0 Å². The summed E-state index contributed by atoms with van der Waals surface area (Å²) in [5.74, 6) is -0.275. The minimum atomic E-state index is -3.96. The normalized spacial score (nSPS) is 16.3. The van der Waals surface area contributed by atoms with Gasteiger partial charge in [0.25, 0.3) is 5.91 Å². The Bertz CT molecular complexity index is 1630. The summed E-state index contributed by atoms with van der Waals surface area (Å²) in [6, 6.07) is 21.6. The van der Waals surface area contributed by atoms with Crippen LogP contribution in [0.2, 0.25) is 0 Å². The van der Waals surface area contributed by atoms with Crippen molar-refractivity contribution in [3.63, 3.8) is 0 Å². The number of nitrogens with zero attached hydrogens (tertiary/aromatic N) is 4. The molecule has 2 aromatic carbocycles. The van der Waals surface area contributed by atoms with Gasteiger partial charge in [0.1, 0.15) is 4.90 Å². The van der Waals surface area contributed by atoms with Gasteiger partial charge in [-0.2, -0.15) is 0 Å². The van der Waals surface area contributed by atoms with Crippen LogP contribution in [-0.2, 0) is 23.1 Å². The predicted octanol–water partition coefficient (Wildman–Crippen LogP) is 4.30. The Morgan fingerprint density at radius 1 is 0.727 bits per heavy atom. The zero-order valence-corrected chi connectivity index (χ0v) is 27.3. The quantitative estimate of drug-likeness (QED) is 0.265. The molecule has 6 rings (SSSR count). The maximum absolute atomic E-state index is 14.0. The number of amides is 1. The second kappa shape index (κ2) is 13.7. The molecule has 0 aliphatic carbocycles. The van der Waals surface area contributed by atoms with Crippen molar-refractivity contribution >= 4 is 55.7 Å². The van der Waals surface area contributed by atoms with Crippen LogP contribution in [0.1, 0.15) is 20.1 Å². The highest BCUT2D eigenvalue weighted by Crippen LogP contribution is 2.36. The van der Waals surface area contributed by atoms with Crippen molar-refractivity contribution in [2.24, 2.45) is 0 Å². The fraction of sp³-hybridized carbons (Fsp3) is 0.344. The number of sulfonamides is 1. The van der Waals surface area contributed by atoms with E-state index in [0.717, 1.165) is 60.4 Å². The minimum Gasteiger partial charge on any atom is -0.368 e. The molecule has 1 amide bonds. The van der Waals surface area contributed by atoms with Gasteiger partial charge in [0, 0.05) is 74.3 Å². The van der Waals surface area contributed by atoms with Crippen molar-refractivity contribution in [2.45, 2.75) is 18.0 Å². The lowest BCUT2D eigenvalue weighted by molar-refractivity contribution is 0.0951. The van der Waals surface area contributed by atoms with E-state index in [-0.39, 0.29) is 17.3 Å². The number of carbonyl (C=O) groups is 1. The van der Waals surface area contributed by atoms with Gasteiger partial charge in [0.2, 0.25) is 10.0 Å². The third-order valence-corrected chi connectivity index (χ3v) is 11.4. The van der Waals surface area contributed by atoms with Crippen molar-refractivity contribution < 1.29 is 13.2 Å². The lowest BCUT2D eigenvalue weighted by atomic mass is 10.1. The summed E-state index contributed by atoms with van der Waals surface area (Å²) in [5, 5.41) is 6.96. The molecule has 0 saturated carbocycles. The highest BCUT2D eigenvalue weighted by atomic mass is 32.2. The average molecular weight is 651 g/mol. The van der Waals surface area contributed by atoms with E-state index in [2.05, 4.69) is 48.8 Å². The molecule has 2 fully saturated rings. The first-order valence-corrected chi connectivity index (χ1v) is 18.1. The number of para-hydroxylation sites is 1. The number of nitrogens with one attached hydrogen (secondary N) is 2. The molecule has 232 valence electrons. The molecule has 0 radical (unpaired) electrons. The first kappa shape index (κ1) is 30.6. The highest BCUT2D eigenvalue weighted by Gasteiger charge is 2.30. The minimum absolute atomic E-state index is 0.140. The molecule has 2 aliphatic heterocycles. The number of thiophene rings is 2. The Labute approximate surface area is 267 Å². The Balaban J connectivity index is 1.37. The fourth-order valence-corrected chi connectivity index (χ4v) is 8.31. The third kappa shape index (κ3) is 7.10. The second-order valence-electron chi connectivity index (χ2n) is 11.1. The van der Waals surface area contributed by atoms with Crippen molar-refractivity contribution in [3.05, 3.63) is 92.8 Å². The van der Waals surface area contributed by atoms with E-state index < -0.39 is 10.0 Å². The standard InChI is InChI=1S/C32H38N6O3S3/c1-35-11-13-37(14-12-35)29-22-30(38-17-15-36(16-18-38)25-7-3-2-4-8-25)31(44(40,41)34-24-27-10-6-20-43-27)21-28(29)32(39)33-23-26-9-5-19-42-26/h2-10,19-22,34H,11-18,23-24H2,1H3,(H,33,39). The molecule has 2 saturated heterocycles. The molecule has 0 spiro atoms. The monoisotopic (exact) mass is 650 g/mol. The number of carbonyl (C=O) groups excluding carboxylic acids is 1. The van der Waals surface area contributed by atoms with Gasteiger partial charge in [-0.1, -0.05) is 30.3 Å². The fourth-order valence-electron chi connectivity index (χ4n) is 5.69. The summed E-state index contributed by atoms with van der Waals surface area (Å²) in [7, 11) is -1.86. The van der Waals surface area contributed by atoms with Gasteiger partial charge in [-0.3, -0.25) is 4.79 Å². The largest absolute Gasteiger partial charge is 0.368 e. The Hall–Kier alpha value is -3.42. The van der Waals surface area contributed by atoms with E-state index in [1.165, 1.54) is 11.3 Å². The Morgan fingerprint density at radius 3 is 1.95 bits per heavy atom. The van der Waals surface area contributed by atoms with E-state index in [4.69, 9.17) is 0 Å². The van der Waals surface area contributed by atoms with Crippen LogP contribution in [0.3, 0.4) is 0 Å². The van der Waals surface area contributed by atoms with Gasteiger partial charge < -0.3 is 24.9 Å². The number of hydrogen-bond donors (Lipinski definition) is 2. The van der Waals surface area contributed by atoms with Gasteiger partial charge in [-0.05, 0) is 54.2 Å². The van der Waals surface area contributed by atoms with Crippen LogP contribution in [0.4, 0.5) is 17.1 Å². The number of rotatable bonds is 10. The summed E-state index contributed by atoms with van der Waals surface area (Å²) < 4.78 is 30.9. The second-order valence-corrected chi connectivity index (χ2v) is 14.9. The summed E-state index contributed by atoms with van der Waals surface area (Å²) in [5.41, 5.74) is 2.96. The molecule has 4 aromatic rings. The zero-order chi connectivity index (χ0) is 30.5. The Kier molecular flexibility index (Phi) is 9.53. The van der Waals surface area contributed by atoms with Crippen LogP contribution < -0.4 is 24.7 Å². The molecule has 44 heavy (non-hydrogen) atoms. The number of benzene rings is 2. The smallest absolute Gasteiger partial charge is 0.253 e. The summed E-state index contributed by atoms with van der Waals surface area (Å²) in [4.78, 5) is 24.9. The van der Waals surface area contributed by atoms with Crippen LogP contribution in [0, 0.1) is 0 Å². The third-order valence-electron chi connectivity index (χ3n) is 8.22. The van der Waals surface area contributed by atoms with Crippen LogP contribution >= 0.6 is 22.7 Å². The molecule has 2 aromatic heterocycles. The first-order valence-electron chi connectivity index (χ1n) is 14.9. The maximum atomic E-state index is 14.0. The summed E-state index contributed by atoms with van der Waals surface area (Å²) >= 11 is 3.09. The van der Waals surface area contributed by atoms with Crippen LogP contribution in [0.5, 0.6) is 0 Å². The lowest BCUT2D eigenvalue weighted by Crippen LogP contribution is -2.47. The first-order chi connectivity index (χ1) is 21.4. The topological polar surface area (TPSA) is 88.2 Å².